The van der Waals surface area contributed by atoms with Crippen LogP contribution in [0.15, 0.2) is 12.1 Å². The lowest BCUT2D eigenvalue weighted by Gasteiger charge is -2.18. The van der Waals surface area contributed by atoms with Gasteiger partial charge < -0.3 is 10.1 Å². The molecule has 1 aromatic heterocycles. The van der Waals surface area contributed by atoms with Crippen molar-refractivity contribution in [1.29, 1.82) is 0 Å². The summed E-state index contributed by atoms with van der Waals surface area (Å²) in [6.45, 7) is 3.89. The number of hydrogen-bond donors (Lipinski definition) is 1. The molecule has 0 aromatic carbocycles. The molecule has 0 aliphatic carbocycles. The number of carbonyl (C=O) groups excluding carboxylic acids is 2. The molecule has 1 N–H and O–H groups in total. The van der Waals surface area contributed by atoms with E-state index in [2.05, 4.69) is 15.0 Å². The number of amides is 1. The molecule has 1 aromatic rings. The van der Waals surface area contributed by atoms with Crippen molar-refractivity contribution in [2.45, 2.75) is 26.3 Å². The SMILES string of the molecule is COC(=O)C(CC(C)C)NC(=O)c1cc(Cl)nc(Cl)c1. The summed E-state index contributed by atoms with van der Waals surface area (Å²) in [5.74, 6) is -0.713. The number of nitrogens with one attached hydrogen (secondary N) is 1. The summed E-state index contributed by atoms with van der Waals surface area (Å²) in [7, 11) is 1.28. The van der Waals surface area contributed by atoms with Crippen LogP contribution in [-0.4, -0.2) is 30.0 Å². The highest BCUT2D eigenvalue weighted by Gasteiger charge is 2.23. The second-order valence-electron chi connectivity index (χ2n) is 4.68. The average Bonchev–Trinajstić information content (AvgIpc) is 2.35. The first-order valence-corrected chi connectivity index (χ1v) is 6.80. The minimum absolute atomic E-state index is 0.112. The zero-order valence-electron chi connectivity index (χ0n) is 11.4. The lowest BCUT2D eigenvalue weighted by atomic mass is 10.0. The van der Waals surface area contributed by atoms with Gasteiger partial charge in [0.2, 0.25) is 0 Å². The summed E-state index contributed by atoms with van der Waals surface area (Å²) in [6.07, 6.45) is 0.477. The average molecular weight is 319 g/mol. The molecular formula is C13H16Cl2N2O3. The summed E-state index contributed by atoms with van der Waals surface area (Å²) in [6, 6.07) is 2.05. The number of rotatable bonds is 5. The molecule has 0 aliphatic heterocycles. The molecular weight excluding hydrogens is 303 g/mol. The van der Waals surface area contributed by atoms with Crippen LogP contribution < -0.4 is 5.32 Å². The normalized spacial score (nSPS) is 12.1. The van der Waals surface area contributed by atoms with Crippen molar-refractivity contribution in [2.75, 3.05) is 7.11 Å². The Balaban J connectivity index is 2.87. The van der Waals surface area contributed by atoms with Crippen LogP contribution in [0.3, 0.4) is 0 Å². The smallest absolute Gasteiger partial charge is 0.328 e. The molecule has 0 aliphatic rings. The van der Waals surface area contributed by atoms with Gasteiger partial charge in [0.15, 0.2) is 0 Å². The van der Waals surface area contributed by atoms with Crippen LogP contribution in [0.5, 0.6) is 0 Å². The van der Waals surface area contributed by atoms with Gasteiger partial charge >= 0.3 is 5.97 Å². The van der Waals surface area contributed by atoms with Gasteiger partial charge in [-0.3, -0.25) is 4.79 Å². The van der Waals surface area contributed by atoms with E-state index in [4.69, 9.17) is 23.2 Å². The second kappa shape index (κ2) is 7.45. The third-order valence-electron chi connectivity index (χ3n) is 2.52. The topological polar surface area (TPSA) is 68.3 Å². The van der Waals surface area contributed by atoms with Gasteiger partial charge in [-0.1, -0.05) is 37.0 Å². The highest BCUT2D eigenvalue weighted by molar-refractivity contribution is 6.33. The maximum Gasteiger partial charge on any atom is 0.328 e. The number of ether oxygens (including phenoxy) is 1. The van der Waals surface area contributed by atoms with Gasteiger partial charge in [0, 0.05) is 5.56 Å². The summed E-state index contributed by atoms with van der Waals surface area (Å²) in [5, 5.41) is 2.84. The molecule has 0 fully saturated rings. The highest BCUT2D eigenvalue weighted by atomic mass is 35.5. The van der Waals surface area contributed by atoms with Gasteiger partial charge in [-0.05, 0) is 24.5 Å². The van der Waals surface area contributed by atoms with Crippen molar-refractivity contribution in [3.8, 4) is 0 Å². The Bertz CT molecular complexity index is 486. The molecule has 1 unspecified atom stereocenters. The first-order chi connectivity index (χ1) is 9.33. The van der Waals surface area contributed by atoms with Crippen molar-refractivity contribution >= 4 is 35.1 Å². The summed E-state index contributed by atoms with van der Waals surface area (Å²) in [4.78, 5) is 27.5. The summed E-state index contributed by atoms with van der Waals surface area (Å²) in [5.41, 5.74) is 0.243. The van der Waals surface area contributed by atoms with E-state index in [0.717, 1.165) is 0 Å². The molecule has 0 saturated heterocycles. The molecule has 0 saturated carbocycles. The van der Waals surface area contributed by atoms with Crippen LogP contribution in [0.2, 0.25) is 10.3 Å². The Kier molecular flexibility index (Phi) is 6.23. The number of carbonyl (C=O) groups is 2. The lowest BCUT2D eigenvalue weighted by Crippen LogP contribution is -2.42. The molecule has 1 amide bonds. The zero-order valence-corrected chi connectivity index (χ0v) is 13.0. The third-order valence-corrected chi connectivity index (χ3v) is 2.91. The minimum atomic E-state index is -0.710. The Labute approximate surface area is 127 Å². The van der Waals surface area contributed by atoms with Crippen LogP contribution in [0.25, 0.3) is 0 Å². The Morgan fingerprint density at radius 1 is 1.30 bits per heavy atom. The van der Waals surface area contributed by atoms with Gasteiger partial charge in [-0.15, -0.1) is 0 Å². The van der Waals surface area contributed by atoms with Gasteiger partial charge in [-0.2, -0.15) is 0 Å². The van der Waals surface area contributed by atoms with E-state index < -0.39 is 17.9 Å². The van der Waals surface area contributed by atoms with Crippen LogP contribution in [-0.2, 0) is 9.53 Å². The lowest BCUT2D eigenvalue weighted by molar-refractivity contribution is -0.143. The van der Waals surface area contributed by atoms with Crippen LogP contribution >= 0.6 is 23.2 Å². The number of methoxy groups -OCH3 is 1. The number of aromatic nitrogens is 1. The van der Waals surface area contributed by atoms with E-state index in [1.165, 1.54) is 19.2 Å². The predicted octanol–water partition coefficient (Wildman–Crippen LogP) is 2.71. The van der Waals surface area contributed by atoms with E-state index in [9.17, 15) is 9.59 Å². The van der Waals surface area contributed by atoms with E-state index >= 15 is 0 Å². The standard InChI is InChI=1S/C13H16Cl2N2O3/c1-7(2)4-9(13(19)20-3)16-12(18)8-5-10(14)17-11(15)6-8/h5-7,9H,4H2,1-3H3,(H,16,18). The molecule has 0 radical (unpaired) electrons. The van der Waals surface area contributed by atoms with Crippen molar-refractivity contribution < 1.29 is 14.3 Å². The number of hydrogen-bond acceptors (Lipinski definition) is 4. The summed E-state index contributed by atoms with van der Waals surface area (Å²) < 4.78 is 4.68. The fourth-order valence-electron chi connectivity index (χ4n) is 1.67. The number of esters is 1. The molecule has 20 heavy (non-hydrogen) atoms. The van der Waals surface area contributed by atoms with E-state index in [1.54, 1.807) is 0 Å². The van der Waals surface area contributed by atoms with E-state index in [-0.39, 0.29) is 21.8 Å². The first kappa shape index (κ1) is 16.7. The maximum atomic E-state index is 12.1. The summed E-state index contributed by atoms with van der Waals surface area (Å²) >= 11 is 11.5. The number of nitrogens with zero attached hydrogens (tertiary/aromatic N) is 1. The molecule has 1 heterocycles. The van der Waals surface area contributed by atoms with Crippen LogP contribution in [0.4, 0.5) is 0 Å². The quantitative estimate of drug-likeness (QED) is 0.669. The fourth-order valence-corrected chi connectivity index (χ4v) is 2.13. The first-order valence-electron chi connectivity index (χ1n) is 6.05. The molecule has 0 bridgehead atoms. The van der Waals surface area contributed by atoms with Crippen LogP contribution in [0.1, 0.15) is 30.6 Å². The molecule has 1 atom stereocenters. The minimum Gasteiger partial charge on any atom is -0.467 e. The van der Waals surface area contributed by atoms with E-state index in [0.29, 0.717) is 6.42 Å². The van der Waals surface area contributed by atoms with Crippen LogP contribution in [0, 0.1) is 5.92 Å². The molecule has 5 nitrogen and oxygen atoms in total. The van der Waals surface area contributed by atoms with Gasteiger partial charge in [0.1, 0.15) is 16.3 Å². The van der Waals surface area contributed by atoms with Crippen molar-refractivity contribution in [1.82, 2.24) is 10.3 Å². The van der Waals surface area contributed by atoms with Gasteiger partial charge in [0.25, 0.3) is 5.91 Å². The zero-order chi connectivity index (χ0) is 15.3. The Morgan fingerprint density at radius 2 is 1.85 bits per heavy atom. The fraction of sp³-hybridized carbons (Fsp3) is 0.462. The van der Waals surface area contributed by atoms with Crippen molar-refractivity contribution in [3.05, 3.63) is 28.0 Å². The second-order valence-corrected chi connectivity index (χ2v) is 5.45. The monoisotopic (exact) mass is 318 g/mol. The predicted molar refractivity (Wildman–Crippen MR) is 77.0 cm³/mol. The molecule has 7 heteroatoms. The number of halogens is 2. The van der Waals surface area contributed by atoms with Gasteiger partial charge in [0.05, 0.1) is 7.11 Å². The van der Waals surface area contributed by atoms with Crippen molar-refractivity contribution in [3.63, 3.8) is 0 Å². The maximum absolute atomic E-state index is 12.1. The largest absolute Gasteiger partial charge is 0.467 e. The third kappa shape index (κ3) is 4.98. The molecule has 0 spiro atoms. The Morgan fingerprint density at radius 3 is 2.30 bits per heavy atom. The molecule has 110 valence electrons. The Hall–Kier alpha value is -1.33. The number of pyridine rings is 1. The van der Waals surface area contributed by atoms with Gasteiger partial charge in [-0.25, -0.2) is 9.78 Å². The van der Waals surface area contributed by atoms with E-state index in [1.807, 2.05) is 13.8 Å². The van der Waals surface area contributed by atoms with Crippen molar-refractivity contribution in [2.24, 2.45) is 5.92 Å². The molecule has 1 rings (SSSR count). The highest BCUT2D eigenvalue weighted by Crippen LogP contribution is 2.15.